The van der Waals surface area contributed by atoms with Gasteiger partial charge in [0.2, 0.25) is 0 Å². The van der Waals surface area contributed by atoms with Gasteiger partial charge in [0.05, 0.1) is 11.1 Å². The number of unbranched alkanes of at least 4 members (excludes halogenated alkanes) is 18. The average molecular weight is 560 g/mol. The fourth-order valence-electron chi connectivity index (χ4n) is 7.68. The number of amides is 2. The van der Waals surface area contributed by atoms with E-state index in [1.807, 2.05) is 6.07 Å². The lowest BCUT2D eigenvalue weighted by Crippen LogP contribution is -2.20. The maximum absolute atomic E-state index is 13.0. The molecule has 0 saturated heterocycles. The molecule has 1 heterocycles. The van der Waals surface area contributed by atoms with Crippen LogP contribution in [-0.4, -0.2) is 11.8 Å². The quantitative estimate of drug-likeness (QED) is 0.115. The molecule has 0 aromatic heterocycles. The van der Waals surface area contributed by atoms with E-state index in [0.717, 1.165) is 11.8 Å². The number of benzene rings is 2. The molecule has 0 fully saturated rings. The van der Waals surface area contributed by atoms with Crippen LogP contribution >= 0.6 is 0 Å². The van der Waals surface area contributed by atoms with Crippen LogP contribution < -0.4 is 5.32 Å². The summed E-state index contributed by atoms with van der Waals surface area (Å²) in [5, 5.41) is 5.03. The summed E-state index contributed by atoms with van der Waals surface area (Å²) in [4.78, 5) is 25.7. The van der Waals surface area contributed by atoms with Gasteiger partial charge in [0, 0.05) is 0 Å². The summed E-state index contributed by atoms with van der Waals surface area (Å²) in [5.74, 6) is 0.429. The lowest BCUT2D eigenvalue weighted by molar-refractivity contribution is 0.0879. The second kappa shape index (κ2) is 17.1. The zero-order valence-corrected chi connectivity index (χ0v) is 26.3. The molecule has 2 atom stereocenters. The normalized spacial score (nSPS) is 17.5. The first-order chi connectivity index (χ1) is 20.2. The second-order valence-corrected chi connectivity index (χ2v) is 13.1. The van der Waals surface area contributed by atoms with Crippen molar-refractivity contribution in [2.75, 3.05) is 0 Å². The van der Waals surface area contributed by atoms with Crippen LogP contribution in [0.2, 0.25) is 0 Å². The van der Waals surface area contributed by atoms with E-state index in [4.69, 9.17) is 0 Å². The molecule has 2 amide bonds. The Morgan fingerprint density at radius 2 is 1.07 bits per heavy atom. The van der Waals surface area contributed by atoms with Gasteiger partial charge in [-0.3, -0.25) is 14.9 Å². The first-order valence-electron chi connectivity index (χ1n) is 17.6. The van der Waals surface area contributed by atoms with Crippen LogP contribution in [0.15, 0.2) is 24.3 Å². The van der Waals surface area contributed by atoms with Gasteiger partial charge in [-0.05, 0) is 52.6 Å². The van der Waals surface area contributed by atoms with E-state index in [-0.39, 0.29) is 11.8 Å². The molecule has 0 saturated carbocycles. The number of hydrogen-bond acceptors (Lipinski definition) is 2. The van der Waals surface area contributed by atoms with E-state index in [2.05, 4.69) is 37.4 Å². The second-order valence-electron chi connectivity index (χ2n) is 13.1. The highest BCUT2D eigenvalue weighted by Crippen LogP contribution is 2.53. The van der Waals surface area contributed by atoms with Crippen LogP contribution in [0.1, 0.15) is 199 Å². The molecule has 1 aliphatic heterocycles. The van der Waals surface area contributed by atoms with Crippen molar-refractivity contribution >= 4 is 22.6 Å². The summed E-state index contributed by atoms with van der Waals surface area (Å²) in [6, 6.07) is 8.58. The molecule has 1 N–H and O–H groups in total. The zero-order valence-electron chi connectivity index (χ0n) is 26.3. The number of imide groups is 1. The summed E-state index contributed by atoms with van der Waals surface area (Å²) in [7, 11) is 0. The Kier molecular flexibility index (Phi) is 13.2. The van der Waals surface area contributed by atoms with Gasteiger partial charge in [-0.15, -0.1) is 0 Å². The largest absolute Gasteiger partial charge is 0.288 e. The molecule has 2 aliphatic rings. The lowest BCUT2D eigenvalue weighted by Gasteiger charge is -2.23. The predicted octanol–water partition coefficient (Wildman–Crippen LogP) is 11.5. The fourth-order valence-corrected chi connectivity index (χ4v) is 7.68. The zero-order chi connectivity index (χ0) is 28.9. The van der Waals surface area contributed by atoms with Crippen LogP contribution in [0.4, 0.5) is 0 Å². The van der Waals surface area contributed by atoms with E-state index < -0.39 is 0 Å². The minimum absolute atomic E-state index is 0.177. The maximum Gasteiger partial charge on any atom is 0.259 e. The molecule has 0 radical (unpaired) electrons. The monoisotopic (exact) mass is 559 g/mol. The van der Waals surface area contributed by atoms with E-state index >= 15 is 0 Å². The van der Waals surface area contributed by atoms with Crippen LogP contribution in [0.5, 0.6) is 0 Å². The third kappa shape index (κ3) is 8.45. The fraction of sp³-hybridized carbons (Fsp3) is 0.684. The smallest absolute Gasteiger partial charge is 0.259 e. The van der Waals surface area contributed by atoms with Crippen LogP contribution in [-0.2, 0) is 0 Å². The van der Waals surface area contributed by atoms with E-state index in [1.165, 1.54) is 151 Å². The topological polar surface area (TPSA) is 46.2 Å². The van der Waals surface area contributed by atoms with Gasteiger partial charge in [0.15, 0.2) is 0 Å². The Bertz CT molecular complexity index is 1120. The molecule has 1 aliphatic carbocycles. The molecule has 3 heteroatoms. The third-order valence-electron chi connectivity index (χ3n) is 9.93. The van der Waals surface area contributed by atoms with Crippen molar-refractivity contribution in [2.45, 2.75) is 167 Å². The average Bonchev–Trinajstić information content (AvgIpc) is 3.44. The van der Waals surface area contributed by atoms with Gasteiger partial charge >= 0.3 is 0 Å². The Hall–Kier alpha value is -2.16. The van der Waals surface area contributed by atoms with Gasteiger partial charge in [-0.1, -0.05) is 160 Å². The van der Waals surface area contributed by atoms with Gasteiger partial charge < -0.3 is 0 Å². The predicted molar refractivity (Wildman–Crippen MR) is 174 cm³/mol. The maximum atomic E-state index is 13.0. The Balaban J connectivity index is 1.33. The standard InChI is InChI=1S/C38H57NO2/c1-3-5-7-9-11-13-14-15-16-18-19-21-25-30-31-27-23-24-29-28-33-36(38(41)39-37(33)40)35(34(29)31)32(30)26-22-20-17-12-10-8-6-4-2/h23-24,27-28,30,32H,3-22,25-26H2,1-2H3,(H,39,40,41). The molecule has 2 unspecified atom stereocenters. The Morgan fingerprint density at radius 1 is 0.585 bits per heavy atom. The molecule has 2 aromatic rings. The summed E-state index contributed by atoms with van der Waals surface area (Å²) in [6.45, 7) is 4.56. The van der Waals surface area contributed by atoms with E-state index in [9.17, 15) is 9.59 Å². The minimum atomic E-state index is -0.219. The van der Waals surface area contributed by atoms with Crippen molar-refractivity contribution in [3.63, 3.8) is 0 Å². The molecular weight excluding hydrogens is 502 g/mol. The molecule has 3 nitrogen and oxygen atoms in total. The van der Waals surface area contributed by atoms with Crippen LogP contribution in [0.25, 0.3) is 10.8 Å². The summed E-state index contributed by atoms with van der Waals surface area (Å²) < 4.78 is 0. The van der Waals surface area contributed by atoms with Crippen molar-refractivity contribution in [3.05, 3.63) is 46.5 Å². The van der Waals surface area contributed by atoms with Gasteiger partial charge in [-0.25, -0.2) is 0 Å². The van der Waals surface area contributed by atoms with Gasteiger partial charge in [0.25, 0.3) is 11.8 Å². The Morgan fingerprint density at radius 3 is 1.61 bits per heavy atom. The molecule has 41 heavy (non-hydrogen) atoms. The number of nitrogens with one attached hydrogen (secondary N) is 1. The molecule has 4 rings (SSSR count). The third-order valence-corrected chi connectivity index (χ3v) is 9.93. The van der Waals surface area contributed by atoms with E-state index in [0.29, 0.717) is 23.0 Å². The molecular formula is C38H57NO2. The first kappa shape index (κ1) is 31.8. The van der Waals surface area contributed by atoms with Crippen LogP contribution in [0.3, 0.4) is 0 Å². The first-order valence-corrected chi connectivity index (χ1v) is 17.6. The van der Waals surface area contributed by atoms with Crippen molar-refractivity contribution in [1.82, 2.24) is 5.32 Å². The number of carbonyl (C=O) groups excluding carboxylic acids is 2. The lowest BCUT2D eigenvalue weighted by atomic mass is 9.80. The van der Waals surface area contributed by atoms with E-state index in [1.54, 1.807) is 0 Å². The summed E-state index contributed by atoms with van der Waals surface area (Å²) >= 11 is 0. The Labute approximate surface area is 250 Å². The minimum Gasteiger partial charge on any atom is -0.288 e. The van der Waals surface area contributed by atoms with Gasteiger partial charge in [-0.2, -0.15) is 0 Å². The number of hydrogen-bond donors (Lipinski definition) is 1. The number of carbonyl (C=O) groups is 2. The van der Waals surface area contributed by atoms with Crippen molar-refractivity contribution < 1.29 is 9.59 Å². The van der Waals surface area contributed by atoms with Crippen LogP contribution in [0, 0.1) is 0 Å². The van der Waals surface area contributed by atoms with Crippen molar-refractivity contribution in [2.24, 2.45) is 0 Å². The summed E-state index contributed by atoms with van der Waals surface area (Å²) in [5.41, 5.74) is 3.92. The summed E-state index contributed by atoms with van der Waals surface area (Å²) in [6.07, 6.45) is 29.3. The van der Waals surface area contributed by atoms with Crippen molar-refractivity contribution in [1.29, 1.82) is 0 Å². The highest BCUT2D eigenvalue weighted by Gasteiger charge is 2.41. The number of rotatable bonds is 22. The number of fused-ring (bicyclic) bond motifs is 2. The van der Waals surface area contributed by atoms with Crippen molar-refractivity contribution in [3.8, 4) is 0 Å². The molecule has 0 bridgehead atoms. The SMILES string of the molecule is CCCCCCCCCCCCCCC1c2cccc3cc4c(c(c23)C1CCCCCCCCCC)C(=O)NC4=O. The molecule has 226 valence electrons. The molecule has 0 spiro atoms. The molecule has 2 aromatic carbocycles. The highest BCUT2D eigenvalue weighted by atomic mass is 16.2. The highest BCUT2D eigenvalue weighted by molar-refractivity contribution is 6.25. The van der Waals surface area contributed by atoms with Gasteiger partial charge in [0.1, 0.15) is 0 Å².